The van der Waals surface area contributed by atoms with Crippen molar-refractivity contribution < 1.29 is 18.3 Å². The summed E-state index contributed by atoms with van der Waals surface area (Å²) >= 11 is 3.25. The van der Waals surface area contributed by atoms with Crippen LogP contribution in [-0.2, 0) is 11.2 Å². The van der Waals surface area contributed by atoms with Gasteiger partial charge in [-0.3, -0.25) is 0 Å². The van der Waals surface area contributed by atoms with E-state index in [0.717, 1.165) is 0 Å². The van der Waals surface area contributed by atoms with Crippen LogP contribution in [0.2, 0.25) is 0 Å². The van der Waals surface area contributed by atoms with Crippen LogP contribution in [0.15, 0.2) is 27.1 Å². The average Bonchev–Trinajstić information content (AvgIpc) is 2.83. The lowest BCUT2D eigenvalue weighted by molar-refractivity contribution is 0.0489. The molecule has 0 amide bonds. The number of hydrogen-bond acceptors (Lipinski definition) is 4. The summed E-state index contributed by atoms with van der Waals surface area (Å²) in [5.41, 5.74) is 0.645. The van der Waals surface area contributed by atoms with E-state index < -0.39 is 11.8 Å². The molecule has 0 spiro atoms. The second-order valence-corrected chi connectivity index (χ2v) is 4.82. The number of esters is 1. The van der Waals surface area contributed by atoms with E-state index in [4.69, 9.17) is 9.15 Å². The Morgan fingerprint density at radius 3 is 2.80 bits per heavy atom. The highest BCUT2D eigenvalue weighted by Gasteiger charge is 2.23. The lowest BCUT2D eigenvalue weighted by Gasteiger charge is -2.01. The summed E-state index contributed by atoms with van der Waals surface area (Å²) in [5.74, 6) is -0.969. The Hall–Kier alpha value is -1.69. The minimum atomic E-state index is -0.587. The third-order valence-electron chi connectivity index (χ3n) is 2.67. The fraction of sp³-hybridized carbons (Fsp3) is 0.286. The maximum atomic E-state index is 13.9. The summed E-state index contributed by atoms with van der Waals surface area (Å²) in [4.78, 5) is 16.0. The van der Waals surface area contributed by atoms with Crippen molar-refractivity contribution in [1.82, 2.24) is 4.98 Å². The van der Waals surface area contributed by atoms with Crippen LogP contribution in [0.25, 0.3) is 11.5 Å². The van der Waals surface area contributed by atoms with Crippen molar-refractivity contribution in [3.8, 4) is 11.5 Å². The Kier molecular flexibility index (Phi) is 4.54. The highest BCUT2D eigenvalue weighted by Crippen LogP contribution is 2.31. The molecule has 0 aliphatic carbocycles. The molecule has 6 heteroatoms. The molecule has 0 bridgehead atoms. The van der Waals surface area contributed by atoms with E-state index in [1.165, 1.54) is 6.07 Å². The average molecular weight is 342 g/mol. The number of benzene rings is 1. The molecule has 4 nitrogen and oxygen atoms in total. The first-order chi connectivity index (χ1) is 9.58. The van der Waals surface area contributed by atoms with Gasteiger partial charge in [0.25, 0.3) is 0 Å². The van der Waals surface area contributed by atoms with Gasteiger partial charge in [-0.25, -0.2) is 14.2 Å². The zero-order chi connectivity index (χ0) is 14.7. The molecule has 2 rings (SSSR count). The minimum absolute atomic E-state index is 0.0273. The number of carbonyl (C=O) groups is 1. The number of oxazole rings is 1. The van der Waals surface area contributed by atoms with E-state index in [1.54, 1.807) is 19.1 Å². The molecule has 0 aliphatic heterocycles. The van der Waals surface area contributed by atoms with Gasteiger partial charge in [0.1, 0.15) is 5.82 Å². The van der Waals surface area contributed by atoms with Crippen molar-refractivity contribution in [3.63, 3.8) is 0 Å². The molecular formula is C14H13BrFNO3. The van der Waals surface area contributed by atoms with Crippen molar-refractivity contribution in [1.29, 1.82) is 0 Å². The molecule has 0 saturated carbocycles. The number of halogens is 2. The van der Waals surface area contributed by atoms with Gasteiger partial charge < -0.3 is 9.15 Å². The molecule has 0 radical (unpaired) electrons. The quantitative estimate of drug-likeness (QED) is 0.789. The largest absolute Gasteiger partial charge is 0.460 e. The van der Waals surface area contributed by atoms with Crippen molar-refractivity contribution >= 4 is 21.9 Å². The van der Waals surface area contributed by atoms with E-state index in [0.29, 0.717) is 16.6 Å². The second kappa shape index (κ2) is 6.17. The maximum Gasteiger partial charge on any atom is 0.376 e. The lowest BCUT2D eigenvalue weighted by Crippen LogP contribution is -2.05. The summed E-state index contributed by atoms with van der Waals surface area (Å²) in [5, 5.41) is 0. The Labute approximate surface area is 124 Å². The number of hydrogen-bond donors (Lipinski definition) is 0. The first kappa shape index (κ1) is 14.7. The summed E-state index contributed by atoms with van der Waals surface area (Å²) in [6.45, 7) is 3.77. The Bertz CT molecular complexity index is 619. The van der Waals surface area contributed by atoms with Crippen molar-refractivity contribution in [2.24, 2.45) is 0 Å². The molecule has 20 heavy (non-hydrogen) atoms. The van der Waals surface area contributed by atoms with Gasteiger partial charge in [-0.05, 0) is 41.4 Å². The second-order valence-electron chi connectivity index (χ2n) is 3.97. The van der Waals surface area contributed by atoms with Crippen LogP contribution < -0.4 is 0 Å². The molecule has 0 unspecified atom stereocenters. The fourth-order valence-corrected chi connectivity index (χ4v) is 2.27. The molecule has 0 N–H and O–H groups in total. The highest BCUT2D eigenvalue weighted by molar-refractivity contribution is 9.10. The van der Waals surface area contributed by atoms with Gasteiger partial charge in [0, 0.05) is 4.47 Å². The first-order valence-corrected chi connectivity index (χ1v) is 6.99. The Morgan fingerprint density at radius 1 is 1.45 bits per heavy atom. The Morgan fingerprint density at radius 2 is 2.20 bits per heavy atom. The van der Waals surface area contributed by atoms with E-state index in [1.807, 2.05) is 6.92 Å². The SMILES string of the molecule is CCOC(=O)c1oc(-c2c(F)cccc2Br)nc1CC. The predicted octanol–water partition coefficient (Wildman–Crippen LogP) is 3.98. The van der Waals surface area contributed by atoms with Gasteiger partial charge >= 0.3 is 5.97 Å². The number of aromatic nitrogens is 1. The monoisotopic (exact) mass is 341 g/mol. The van der Waals surface area contributed by atoms with Crippen molar-refractivity contribution in [2.75, 3.05) is 6.61 Å². The molecule has 1 aromatic heterocycles. The summed E-state index contributed by atoms with van der Waals surface area (Å²) in [6.07, 6.45) is 0.490. The standard InChI is InChI=1S/C14H13BrFNO3/c1-3-10-12(14(18)19-4-2)20-13(17-10)11-8(15)6-5-7-9(11)16/h5-7H,3-4H2,1-2H3. The van der Waals surface area contributed by atoms with Gasteiger partial charge in [0.05, 0.1) is 17.9 Å². The number of rotatable bonds is 4. The van der Waals surface area contributed by atoms with E-state index in [-0.39, 0.29) is 23.8 Å². The van der Waals surface area contributed by atoms with Gasteiger partial charge in [-0.15, -0.1) is 0 Å². The van der Waals surface area contributed by atoms with Crippen LogP contribution in [0.3, 0.4) is 0 Å². The van der Waals surface area contributed by atoms with Crippen LogP contribution in [-0.4, -0.2) is 17.6 Å². The van der Waals surface area contributed by atoms with Gasteiger partial charge in [-0.2, -0.15) is 0 Å². The van der Waals surface area contributed by atoms with Gasteiger partial charge in [-0.1, -0.05) is 13.0 Å². The van der Waals surface area contributed by atoms with Crippen LogP contribution in [0, 0.1) is 5.82 Å². The Balaban J connectivity index is 2.52. The molecule has 1 aromatic carbocycles. The number of ether oxygens (including phenoxy) is 1. The molecule has 2 aromatic rings. The molecule has 0 aliphatic rings. The lowest BCUT2D eigenvalue weighted by atomic mass is 10.2. The molecular weight excluding hydrogens is 329 g/mol. The molecule has 1 heterocycles. The predicted molar refractivity (Wildman–Crippen MR) is 74.9 cm³/mol. The van der Waals surface area contributed by atoms with Crippen molar-refractivity contribution in [3.05, 3.63) is 39.9 Å². The zero-order valence-electron chi connectivity index (χ0n) is 11.1. The van der Waals surface area contributed by atoms with E-state index >= 15 is 0 Å². The van der Waals surface area contributed by atoms with Crippen LogP contribution in [0.1, 0.15) is 30.1 Å². The molecule has 106 valence electrons. The van der Waals surface area contributed by atoms with Crippen LogP contribution >= 0.6 is 15.9 Å². The van der Waals surface area contributed by atoms with Gasteiger partial charge in [0.2, 0.25) is 11.7 Å². The number of aryl methyl sites for hydroxylation is 1. The van der Waals surface area contributed by atoms with Crippen molar-refractivity contribution in [2.45, 2.75) is 20.3 Å². The summed E-state index contributed by atoms with van der Waals surface area (Å²) in [6, 6.07) is 4.55. The zero-order valence-corrected chi connectivity index (χ0v) is 12.7. The smallest absolute Gasteiger partial charge is 0.376 e. The van der Waals surface area contributed by atoms with Gasteiger partial charge in [0.15, 0.2) is 0 Å². The summed E-state index contributed by atoms with van der Waals surface area (Å²) in [7, 11) is 0. The fourth-order valence-electron chi connectivity index (χ4n) is 1.76. The van der Waals surface area contributed by atoms with E-state index in [9.17, 15) is 9.18 Å². The normalized spacial score (nSPS) is 10.6. The third kappa shape index (κ3) is 2.75. The minimum Gasteiger partial charge on any atom is -0.460 e. The third-order valence-corrected chi connectivity index (χ3v) is 3.33. The number of carbonyl (C=O) groups excluding carboxylic acids is 1. The topological polar surface area (TPSA) is 52.3 Å². The molecule has 0 saturated heterocycles. The first-order valence-electron chi connectivity index (χ1n) is 6.19. The van der Waals surface area contributed by atoms with Crippen LogP contribution in [0.5, 0.6) is 0 Å². The molecule has 0 atom stereocenters. The summed E-state index contributed by atoms with van der Waals surface area (Å²) < 4.78 is 24.7. The number of nitrogens with zero attached hydrogens (tertiary/aromatic N) is 1. The van der Waals surface area contributed by atoms with Crippen LogP contribution in [0.4, 0.5) is 4.39 Å². The molecule has 0 fully saturated rings. The highest BCUT2D eigenvalue weighted by atomic mass is 79.9. The maximum absolute atomic E-state index is 13.9. The van der Waals surface area contributed by atoms with E-state index in [2.05, 4.69) is 20.9 Å².